The first-order chi connectivity index (χ1) is 15.0. The summed E-state index contributed by atoms with van der Waals surface area (Å²) in [6, 6.07) is 19.3. The first kappa shape index (κ1) is 23.7. The van der Waals surface area contributed by atoms with Crippen LogP contribution in [0, 0.1) is 0 Å². The molecule has 0 aliphatic heterocycles. The average molecular weight is 431 g/mol. The SMILES string of the molecule is CC(C)(C)c1cc(C(=O)CNC(c2ccccc2)c2ccccn2)cc(C(C)(C)C)c1O. The Labute approximate surface area is 191 Å². The summed E-state index contributed by atoms with van der Waals surface area (Å²) in [7, 11) is 0. The zero-order valence-corrected chi connectivity index (χ0v) is 19.9. The van der Waals surface area contributed by atoms with E-state index in [2.05, 4.69) is 10.3 Å². The Balaban J connectivity index is 1.93. The first-order valence-corrected chi connectivity index (χ1v) is 11.1. The summed E-state index contributed by atoms with van der Waals surface area (Å²) in [6.07, 6.45) is 1.76. The molecule has 3 aromatic rings. The standard InChI is InChI=1S/C28H34N2O2/c1-27(2,3)21-16-20(17-22(26(21)32)28(4,5)6)24(31)18-30-25(19-12-8-7-9-13-19)23-14-10-11-15-29-23/h7-17,25,30,32H,18H2,1-6H3. The average Bonchev–Trinajstić information content (AvgIpc) is 2.73. The van der Waals surface area contributed by atoms with Crippen molar-refractivity contribution in [1.82, 2.24) is 10.3 Å². The van der Waals surface area contributed by atoms with E-state index in [9.17, 15) is 9.90 Å². The molecule has 0 fully saturated rings. The Morgan fingerprint density at radius 2 is 1.47 bits per heavy atom. The molecular weight excluding hydrogens is 396 g/mol. The summed E-state index contributed by atoms with van der Waals surface area (Å²) in [4.78, 5) is 17.8. The number of nitrogens with one attached hydrogen (secondary N) is 1. The summed E-state index contributed by atoms with van der Waals surface area (Å²) in [5.41, 5.74) is 3.54. The van der Waals surface area contributed by atoms with Gasteiger partial charge in [0.05, 0.1) is 18.3 Å². The second-order valence-corrected chi connectivity index (χ2v) is 10.3. The van der Waals surface area contributed by atoms with Gasteiger partial charge in [-0.05, 0) is 40.7 Å². The number of benzene rings is 2. The van der Waals surface area contributed by atoms with Crippen molar-refractivity contribution in [1.29, 1.82) is 0 Å². The lowest BCUT2D eigenvalue weighted by atomic mass is 9.78. The summed E-state index contributed by atoms with van der Waals surface area (Å²) in [6.45, 7) is 12.5. The van der Waals surface area contributed by atoms with Crippen LogP contribution >= 0.6 is 0 Å². The number of nitrogens with zero attached hydrogens (tertiary/aromatic N) is 1. The second-order valence-electron chi connectivity index (χ2n) is 10.3. The zero-order chi connectivity index (χ0) is 23.5. The Hall–Kier alpha value is -2.98. The Morgan fingerprint density at radius 3 is 1.97 bits per heavy atom. The second kappa shape index (κ2) is 9.25. The molecule has 0 radical (unpaired) electrons. The molecule has 0 amide bonds. The fourth-order valence-corrected chi connectivity index (χ4v) is 3.82. The highest BCUT2D eigenvalue weighted by molar-refractivity contribution is 5.98. The molecule has 1 unspecified atom stereocenters. The lowest BCUT2D eigenvalue weighted by Crippen LogP contribution is -2.29. The third-order valence-corrected chi connectivity index (χ3v) is 5.63. The number of carbonyl (C=O) groups excluding carboxylic acids is 1. The first-order valence-electron chi connectivity index (χ1n) is 11.1. The van der Waals surface area contributed by atoms with Crippen molar-refractivity contribution in [2.75, 3.05) is 6.54 Å². The van der Waals surface area contributed by atoms with Gasteiger partial charge in [-0.3, -0.25) is 15.1 Å². The molecule has 0 bridgehead atoms. The van der Waals surface area contributed by atoms with Gasteiger partial charge in [-0.15, -0.1) is 0 Å². The van der Waals surface area contributed by atoms with Gasteiger partial charge in [-0.2, -0.15) is 0 Å². The number of hydrogen-bond donors (Lipinski definition) is 2. The minimum Gasteiger partial charge on any atom is -0.507 e. The molecule has 1 aromatic heterocycles. The predicted molar refractivity (Wildman–Crippen MR) is 130 cm³/mol. The number of rotatable bonds is 6. The van der Waals surface area contributed by atoms with Gasteiger partial charge in [0.1, 0.15) is 5.75 Å². The molecule has 2 N–H and O–H groups in total. The zero-order valence-electron chi connectivity index (χ0n) is 19.9. The fourth-order valence-electron chi connectivity index (χ4n) is 3.82. The number of carbonyl (C=O) groups is 1. The molecular formula is C28H34N2O2. The lowest BCUT2D eigenvalue weighted by molar-refractivity contribution is 0.0988. The van der Waals surface area contributed by atoms with Crippen molar-refractivity contribution in [2.24, 2.45) is 0 Å². The van der Waals surface area contributed by atoms with Gasteiger partial charge in [0.2, 0.25) is 0 Å². The van der Waals surface area contributed by atoms with E-state index in [0.29, 0.717) is 5.56 Å². The number of ketones is 1. The number of aromatic hydroxyl groups is 1. The van der Waals surface area contributed by atoms with E-state index in [4.69, 9.17) is 0 Å². The van der Waals surface area contributed by atoms with Crippen LogP contribution in [0.25, 0.3) is 0 Å². The van der Waals surface area contributed by atoms with Crippen LogP contribution in [0.1, 0.15) is 80.3 Å². The molecule has 3 rings (SSSR count). The van der Waals surface area contributed by atoms with Crippen LogP contribution < -0.4 is 5.32 Å². The summed E-state index contributed by atoms with van der Waals surface area (Å²) < 4.78 is 0. The number of pyridine rings is 1. The van der Waals surface area contributed by atoms with Gasteiger partial charge in [-0.25, -0.2) is 0 Å². The van der Waals surface area contributed by atoms with Crippen molar-refractivity contribution in [3.8, 4) is 5.75 Å². The lowest BCUT2D eigenvalue weighted by Gasteiger charge is -2.28. The quantitative estimate of drug-likeness (QED) is 0.475. The van der Waals surface area contributed by atoms with Crippen molar-refractivity contribution in [2.45, 2.75) is 58.4 Å². The summed E-state index contributed by atoms with van der Waals surface area (Å²) >= 11 is 0. The van der Waals surface area contributed by atoms with Crippen molar-refractivity contribution in [3.63, 3.8) is 0 Å². The number of aromatic nitrogens is 1. The topological polar surface area (TPSA) is 62.2 Å². The van der Waals surface area contributed by atoms with Gasteiger partial charge in [-0.1, -0.05) is 77.9 Å². The minimum atomic E-state index is -0.283. The molecule has 0 aliphatic rings. The molecule has 4 heteroatoms. The van der Waals surface area contributed by atoms with Gasteiger partial charge in [0.25, 0.3) is 0 Å². The molecule has 0 spiro atoms. The summed E-state index contributed by atoms with van der Waals surface area (Å²) in [5, 5.41) is 14.4. The van der Waals surface area contributed by atoms with Crippen LogP contribution in [0.3, 0.4) is 0 Å². The minimum absolute atomic E-state index is 0.0159. The Morgan fingerprint density at radius 1 is 0.906 bits per heavy atom. The van der Waals surface area contributed by atoms with Crippen LogP contribution in [0.5, 0.6) is 5.75 Å². The normalized spacial score (nSPS) is 13.1. The maximum atomic E-state index is 13.3. The maximum Gasteiger partial charge on any atom is 0.176 e. The molecule has 4 nitrogen and oxygen atoms in total. The number of phenols is 1. The van der Waals surface area contributed by atoms with E-state index >= 15 is 0 Å². The van der Waals surface area contributed by atoms with E-state index < -0.39 is 0 Å². The predicted octanol–water partition coefficient (Wildman–Crippen LogP) is 5.94. The van der Waals surface area contributed by atoms with E-state index in [-0.39, 0.29) is 34.9 Å². The highest BCUT2D eigenvalue weighted by atomic mass is 16.3. The van der Waals surface area contributed by atoms with Crippen LogP contribution in [-0.2, 0) is 10.8 Å². The van der Waals surface area contributed by atoms with Crippen molar-refractivity contribution in [3.05, 3.63) is 94.8 Å². The molecule has 0 saturated heterocycles. The largest absolute Gasteiger partial charge is 0.507 e. The number of hydrogen-bond acceptors (Lipinski definition) is 4. The maximum absolute atomic E-state index is 13.3. The summed E-state index contributed by atoms with van der Waals surface area (Å²) in [5.74, 6) is 0.267. The highest BCUT2D eigenvalue weighted by Crippen LogP contribution is 2.39. The van der Waals surface area contributed by atoms with E-state index in [0.717, 1.165) is 22.4 Å². The number of Topliss-reactive ketones (excluding diaryl/α,β-unsaturated/α-hetero) is 1. The van der Waals surface area contributed by atoms with E-state index in [1.165, 1.54) is 0 Å². The molecule has 0 aliphatic carbocycles. The highest BCUT2D eigenvalue weighted by Gasteiger charge is 2.28. The van der Waals surface area contributed by atoms with Crippen LogP contribution in [0.4, 0.5) is 0 Å². The fraction of sp³-hybridized carbons (Fsp3) is 0.357. The molecule has 168 valence electrons. The molecule has 1 heterocycles. The monoisotopic (exact) mass is 430 g/mol. The third-order valence-electron chi connectivity index (χ3n) is 5.63. The number of phenolic OH excluding ortho intramolecular Hbond substituents is 1. The van der Waals surface area contributed by atoms with Gasteiger partial charge < -0.3 is 5.11 Å². The molecule has 0 saturated carbocycles. The van der Waals surface area contributed by atoms with E-state index in [1.54, 1.807) is 6.20 Å². The van der Waals surface area contributed by atoms with Crippen LogP contribution in [-0.4, -0.2) is 22.4 Å². The van der Waals surface area contributed by atoms with Crippen LogP contribution in [0.2, 0.25) is 0 Å². The van der Waals surface area contributed by atoms with Gasteiger partial charge >= 0.3 is 0 Å². The molecule has 2 aromatic carbocycles. The van der Waals surface area contributed by atoms with Crippen LogP contribution in [0.15, 0.2) is 66.9 Å². The van der Waals surface area contributed by atoms with E-state index in [1.807, 2.05) is 102 Å². The van der Waals surface area contributed by atoms with Crippen molar-refractivity contribution >= 4 is 5.78 Å². The molecule has 1 atom stereocenters. The van der Waals surface area contributed by atoms with Gasteiger partial charge in [0.15, 0.2) is 5.78 Å². The smallest absolute Gasteiger partial charge is 0.176 e. The Kier molecular flexibility index (Phi) is 6.85. The Bertz CT molecular complexity index is 988. The van der Waals surface area contributed by atoms with Crippen molar-refractivity contribution < 1.29 is 9.90 Å². The third kappa shape index (κ3) is 5.43. The molecule has 32 heavy (non-hydrogen) atoms. The van der Waals surface area contributed by atoms with Gasteiger partial charge in [0, 0.05) is 22.9 Å².